The van der Waals surface area contributed by atoms with Gasteiger partial charge in [-0.3, -0.25) is 4.31 Å². The quantitative estimate of drug-likeness (QED) is 0.923. The fourth-order valence-corrected chi connectivity index (χ4v) is 4.24. The van der Waals surface area contributed by atoms with Crippen LogP contribution in [0.3, 0.4) is 0 Å². The van der Waals surface area contributed by atoms with Crippen LogP contribution in [0.5, 0.6) is 0 Å². The summed E-state index contributed by atoms with van der Waals surface area (Å²) < 4.78 is 24.9. The molecule has 5 heteroatoms. The van der Waals surface area contributed by atoms with E-state index in [0.717, 1.165) is 25.1 Å². The molecule has 0 saturated carbocycles. The second-order valence-corrected chi connectivity index (χ2v) is 7.81. The number of anilines is 1. The van der Waals surface area contributed by atoms with E-state index in [4.69, 9.17) is 0 Å². The number of sulfonamides is 1. The zero-order valence-corrected chi connectivity index (χ0v) is 12.7. The number of rotatable bonds is 3. The maximum Gasteiger partial charge on any atom is 0.232 e. The lowest BCUT2D eigenvalue weighted by atomic mass is 9.96. The van der Waals surface area contributed by atoms with Crippen LogP contribution in [0.25, 0.3) is 0 Å². The fraction of sp³-hybridized carbons (Fsp3) is 0.600. The summed E-state index contributed by atoms with van der Waals surface area (Å²) in [6.45, 7) is 1.71. The van der Waals surface area contributed by atoms with Crippen molar-refractivity contribution in [3.05, 3.63) is 29.3 Å². The fourth-order valence-electron chi connectivity index (χ4n) is 3.28. The Morgan fingerprint density at radius 2 is 2.20 bits per heavy atom. The van der Waals surface area contributed by atoms with Crippen LogP contribution in [0.1, 0.15) is 30.4 Å². The Hall–Kier alpha value is -1.07. The van der Waals surface area contributed by atoms with Gasteiger partial charge in [0.1, 0.15) is 0 Å². The monoisotopic (exact) mass is 294 g/mol. The van der Waals surface area contributed by atoms with Gasteiger partial charge in [-0.15, -0.1) is 0 Å². The Bertz CT molecular complexity index is 592. The molecular formula is C15H22N2O2S. The highest BCUT2D eigenvalue weighted by atomic mass is 32.2. The van der Waals surface area contributed by atoms with Crippen molar-refractivity contribution in [3.63, 3.8) is 0 Å². The third kappa shape index (κ3) is 2.83. The topological polar surface area (TPSA) is 49.4 Å². The average Bonchev–Trinajstić information content (AvgIpc) is 2.83. The maximum atomic E-state index is 11.7. The zero-order valence-electron chi connectivity index (χ0n) is 11.9. The molecule has 3 rings (SSSR count). The van der Waals surface area contributed by atoms with Crippen LogP contribution in [0, 0.1) is 0 Å². The Morgan fingerprint density at radius 3 is 2.90 bits per heavy atom. The van der Waals surface area contributed by atoms with Crippen LogP contribution in [-0.4, -0.2) is 33.8 Å². The van der Waals surface area contributed by atoms with Crippen LogP contribution in [-0.2, 0) is 22.9 Å². The lowest BCUT2D eigenvalue weighted by molar-refractivity contribution is 0.399. The van der Waals surface area contributed by atoms with E-state index >= 15 is 0 Å². The molecule has 20 heavy (non-hydrogen) atoms. The van der Waals surface area contributed by atoms with Crippen LogP contribution in [0.2, 0.25) is 0 Å². The first-order valence-corrected chi connectivity index (χ1v) is 9.22. The summed E-state index contributed by atoms with van der Waals surface area (Å²) in [6.07, 6.45) is 6.99. The molecule has 1 saturated heterocycles. The first-order valence-electron chi connectivity index (χ1n) is 7.37. The minimum absolute atomic E-state index is 0.578. The van der Waals surface area contributed by atoms with E-state index in [1.54, 1.807) is 0 Å². The molecule has 1 aromatic carbocycles. The van der Waals surface area contributed by atoms with E-state index in [0.29, 0.717) is 12.6 Å². The van der Waals surface area contributed by atoms with Crippen molar-refractivity contribution in [3.8, 4) is 0 Å². The summed E-state index contributed by atoms with van der Waals surface area (Å²) in [7, 11) is -3.14. The Morgan fingerprint density at radius 1 is 1.35 bits per heavy atom. The molecule has 0 aliphatic carbocycles. The van der Waals surface area contributed by atoms with Gasteiger partial charge < -0.3 is 5.32 Å². The van der Waals surface area contributed by atoms with E-state index < -0.39 is 10.0 Å². The van der Waals surface area contributed by atoms with Gasteiger partial charge in [-0.1, -0.05) is 18.6 Å². The second kappa shape index (κ2) is 5.37. The first-order chi connectivity index (χ1) is 9.54. The number of nitrogens with one attached hydrogen (secondary N) is 1. The zero-order chi connectivity index (χ0) is 14.2. The van der Waals surface area contributed by atoms with Crippen molar-refractivity contribution in [2.45, 2.75) is 38.1 Å². The molecule has 1 aromatic rings. The summed E-state index contributed by atoms with van der Waals surface area (Å²) in [5, 5.41) is 3.56. The molecule has 1 unspecified atom stereocenters. The number of hydrogen-bond acceptors (Lipinski definition) is 3. The lowest BCUT2D eigenvalue weighted by Crippen LogP contribution is -2.35. The molecule has 1 N–H and O–H groups in total. The van der Waals surface area contributed by atoms with Crippen LogP contribution in [0.15, 0.2) is 18.2 Å². The van der Waals surface area contributed by atoms with E-state index in [1.165, 1.54) is 41.0 Å². The van der Waals surface area contributed by atoms with Gasteiger partial charge in [-0.05, 0) is 49.4 Å². The normalized spacial score (nSPS) is 22.9. The number of piperidine rings is 1. The summed E-state index contributed by atoms with van der Waals surface area (Å²) in [4.78, 5) is 0. The number of fused-ring (bicyclic) bond motifs is 1. The SMILES string of the molecule is CS(=O)(=O)N1CCc2cc(CC3CCCCN3)ccc21. The lowest BCUT2D eigenvalue weighted by Gasteiger charge is -2.23. The molecule has 2 aliphatic heterocycles. The van der Waals surface area contributed by atoms with Crippen LogP contribution < -0.4 is 9.62 Å². The molecule has 110 valence electrons. The summed E-state index contributed by atoms with van der Waals surface area (Å²) in [6, 6.07) is 6.82. The summed E-state index contributed by atoms with van der Waals surface area (Å²) in [5.74, 6) is 0. The predicted octanol–water partition coefficient (Wildman–Crippen LogP) is 1.69. The maximum absolute atomic E-state index is 11.7. The van der Waals surface area contributed by atoms with Crippen molar-refractivity contribution < 1.29 is 8.42 Å². The van der Waals surface area contributed by atoms with E-state index in [9.17, 15) is 8.42 Å². The van der Waals surface area contributed by atoms with Gasteiger partial charge in [-0.2, -0.15) is 0 Å². The Labute approximate surface area is 121 Å². The highest BCUT2D eigenvalue weighted by molar-refractivity contribution is 7.92. The third-order valence-electron chi connectivity index (χ3n) is 4.29. The van der Waals surface area contributed by atoms with Crippen molar-refractivity contribution in [1.29, 1.82) is 0 Å². The second-order valence-electron chi connectivity index (χ2n) is 5.90. The third-order valence-corrected chi connectivity index (χ3v) is 5.47. The Balaban J connectivity index is 1.77. The van der Waals surface area contributed by atoms with Crippen molar-refractivity contribution >= 4 is 15.7 Å². The van der Waals surface area contributed by atoms with Gasteiger partial charge >= 0.3 is 0 Å². The average molecular weight is 294 g/mol. The highest BCUT2D eigenvalue weighted by Crippen LogP contribution is 2.31. The van der Waals surface area contributed by atoms with Crippen LogP contribution >= 0.6 is 0 Å². The highest BCUT2D eigenvalue weighted by Gasteiger charge is 2.26. The number of benzene rings is 1. The van der Waals surface area contributed by atoms with E-state index in [2.05, 4.69) is 17.4 Å². The van der Waals surface area contributed by atoms with Crippen molar-refractivity contribution in [2.24, 2.45) is 0 Å². The van der Waals surface area contributed by atoms with E-state index in [-0.39, 0.29) is 0 Å². The van der Waals surface area contributed by atoms with Gasteiger partial charge in [0.25, 0.3) is 0 Å². The van der Waals surface area contributed by atoms with Gasteiger partial charge in [0.15, 0.2) is 0 Å². The molecular weight excluding hydrogens is 272 g/mol. The Kier molecular flexibility index (Phi) is 3.73. The molecule has 0 bridgehead atoms. The molecule has 4 nitrogen and oxygen atoms in total. The largest absolute Gasteiger partial charge is 0.314 e. The summed E-state index contributed by atoms with van der Waals surface area (Å²) >= 11 is 0. The molecule has 0 radical (unpaired) electrons. The minimum atomic E-state index is -3.14. The van der Waals surface area contributed by atoms with Gasteiger partial charge in [0.05, 0.1) is 11.9 Å². The standard InChI is InChI=1S/C15H22N2O2S/c1-20(18,19)17-9-7-13-10-12(5-6-15(13)17)11-14-4-2-3-8-16-14/h5-6,10,14,16H,2-4,7-9,11H2,1H3. The minimum Gasteiger partial charge on any atom is -0.314 e. The predicted molar refractivity (Wildman–Crippen MR) is 81.7 cm³/mol. The molecule has 2 aliphatic rings. The molecule has 0 spiro atoms. The number of nitrogens with zero attached hydrogens (tertiary/aromatic N) is 1. The van der Waals surface area contributed by atoms with Crippen LogP contribution in [0.4, 0.5) is 5.69 Å². The van der Waals surface area contributed by atoms with Gasteiger partial charge in [0, 0.05) is 12.6 Å². The van der Waals surface area contributed by atoms with Crippen molar-refractivity contribution in [1.82, 2.24) is 5.32 Å². The molecule has 1 atom stereocenters. The smallest absolute Gasteiger partial charge is 0.232 e. The molecule has 0 amide bonds. The molecule has 1 fully saturated rings. The number of hydrogen-bond donors (Lipinski definition) is 1. The summed E-state index contributed by atoms with van der Waals surface area (Å²) in [5.41, 5.74) is 3.36. The van der Waals surface area contributed by atoms with Crippen molar-refractivity contribution in [2.75, 3.05) is 23.7 Å². The first kappa shape index (κ1) is 13.9. The van der Waals surface area contributed by atoms with E-state index in [1.807, 2.05) is 6.07 Å². The van der Waals surface area contributed by atoms with Gasteiger partial charge in [-0.25, -0.2) is 8.42 Å². The molecule has 0 aromatic heterocycles. The van der Waals surface area contributed by atoms with Gasteiger partial charge in [0.2, 0.25) is 10.0 Å². The molecule has 2 heterocycles.